The van der Waals surface area contributed by atoms with Crippen LogP contribution in [0.3, 0.4) is 0 Å². The molecule has 1 aliphatic rings. The maximum absolute atomic E-state index is 12.2. The molecule has 1 fully saturated rings. The number of nitrogens with zero attached hydrogens (tertiary/aromatic N) is 3. The number of amides is 1. The van der Waals surface area contributed by atoms with E-state index in [4.69, 9.17) is 4.42 Å². The number of piperazine rings is 1. The van der Waals surface area contributed by atoms with Gasteiger partial charge in [-0.3, -0.25) is 14.3 Å². The molecular formula is C23H28N4O3. The van der Waals surface area contributed by atoms with Gasteiger partial charge in [0.05, 0.1) is 5.52 Å². The van der Waals surface area contributed by atoms with Gasteiger partial charge in [0.2, 0.25) is 5.91 Å². The zero-order valence-corrected chi connectivity index (χ0v) is 17.1. The Kier molecular flexibility index (Phi) is 6.49. The summed E-state index contributed by atoms with van der Waals surface area (Å²) >= 11 is 0. The summed E-state index contributed by atoms with van der Waals surface area (Å²) in [5.41, 5.74) is 2.63. The molecule has 1 N–H and O–H groups in total. The maximum Gasteiger partial charge on any atom is 0.419 e. The van der Waals surface area contributed by atoms with Crippen molar-refractivity contribution in [2.75, 3.05) is 44.2 Å². The topological polar surface area (TPSA) is 70.7 Å². The molecule has 0 atom stereocenters. The minimum atomic E-state index is -0.369. The van der Waals surface area contributed by atoms with Crippen molar-refractivity contribution < 1.29 is 9.21 Å². The van der Waals surface area contributed by atoms with Crippen LogP contribution in [0, 0.1) is 0 Å². The Morgan fingerprint density at radius 3 is 2.47 bits per heavy atom. The molecule has 0 spiro atoms. The van der Waals surface area contributed by atoms with Gasteiger partial charge in [-0.15, -0.1) is 0 Å². The van der Waals surface area contributed by atoms with Crippen molar-refractivity contribution in [1.29, 1.82) is 0 Å². The number of hydrogen-bond acceptors (Lipinski definition) is 5. The summed E-state index contributed by atoms with van der Waals surface area (Å²) in [6.07, 6.45) is 0.999. The van der Waals surface area contributed by atoms with Crippen LogP contribution in [-0.4, -0.2) is 54.6 Å². The Morgan fingerprint density at radius 1 is 0.933 bits per heavy atom. The molecular weight excluding hydrogens is 380 g/mol. The number of para-hydroxylation sites is 3. The average Bonchev–Trinajstić information content (AvgIpc) is 3.10. The summed E-state index contributed by atoms with van der Waals surface area (Å²) < 4.78 is 6.81. The van der Waals surface area contributed by atoms with Crippen LogP contribution in [0.15, 0.2) is 63.8 Å². The average molecular weight is 409 g/mol. The van der Waals surface area contributed by atoms with Gasteiger partial charge >= 0.3 is 5.76 Å². The van der Waals surface area contributed by atoms with E-state index in [-0.39, 0.29) is 11.7 Å². The molecule has 0 radical (unpaired) electrons. The van der Waals surface area contributed by atoms with Crippen LogP contribution in [0.5, 0.6) is 0 Å². The molecule has 0 aliphatic carbocycles. The number of nitrogens with one attached hydrogen (secondary N) is 1. The van der Waals surface area contributed by atoms with Gasteiger partial charge in [-0.1, -0.05) is 30.3 Å². The summed E-state index contributed by atoms with van der Waals surface area (Å²) in [7, 11) is 0. The standard InChI is InChI=1S/C23H28N4O3/c28-22(11-6-13-27-20-9-4-5-10-21(20)30-23(27)29)24-12-14-25-15-17-26(18-16-25)19-7-2-1-3-8-19/h1-5,7-10H,6,11-18H2,(H,24,28). The molecule has 1 aromatic heterocycles. The minimum absolute atomic E-state index is 0.0266. The van der Waals surface area contributed by atoms with Crippen molar-refractivity contribution in [2.45, 2.75) is 19.4 Å². The van der Waals surface area contributed by atoms with E-state index < -0.39 is 0 Å². The van der Waals surface area contributed by atoms with E-state index in [0.717, 1.165) is 38.2 Å². The summed E-state index contributed by atoms with van der Waals surface area (Å²) in [4.78, 5) is 28.9. The van der Waals surface area contributed by atoms with Crippen molar-refractivity contribution in [3.8, 4) is 0 Å². The fourth-order valence-electron chi connectivity index (χ4n) is 3.93. The van der Waals surface area contributed by atoms with Crippen molar-refractivity contribution >= 4 is 22.7 Å². The van der Waals surface area contributed by atoms with Gasteiger partial charge < -0.3 is 14.6 Å². The molecule has 1 aliphatic heterocycles. The highest BCUT2D eigenvalue weighted by Crippen LogP contribution is 2.15. The van der Waals surface area contributed by atoms with Gasteiger partial charge in [0, 0.05) is 57.9 Å². The number of carbonyl (C=O) groups excluding carboxylic acids is 1. The Bertz CT molecular complexity index is 1020. The zero-order chi connectivity index (χ0) is 20.8. The molecule has 2 heterocycles. The van der Waals surface area contributed by atoms with E-state index in [1.165, 1.54) is 5.69 Å². The van der Waals surface area contributed by atoms with Crippen molar-refractivity contribution in [3.05, 3.63) is 65.1 Å². The third-order valence-corrected chi connectivity index (χ3v) is 5.60. The molecule has 7 heteroatoms. The quantitative estimate of drug-likeness (QED) is 0.619. The number of anilines is 1. The normalized spacial score (nSPS) is 14.9. The van der Waals surface area contributed by atoms with Gasteiger partial charge in [0.15, 0.2) is 5.58 Å². The highest BCUT2D eigenvalue weighted by Gasteiger charge is 2.16. The largest absolute Gasteiger partial charge is 0.419 e. The van der Waals surface area contributed by atoms with Crippen molar-refractivity contribution in [3.63, 3.8) is 0 Å². The van der Waals surface area contributed by atoms with Gasteiger partial charge in [0.1, 0.15) is 0 Å². The van der Waals surface area contributed by atoms with Gasteiger partial charge in [-0.05, 0) is 30.7 Å². The number of aromatic nitrogens is 1. The maximum atomic E-state index is 12.2. The molecule has 0 unspecified atom stereocenters. The van der Waals surface area contributed by atoms with E-state index in [9.17, 15) is 9.59 Å². The third-order valence-electron chi connectivity index (χ3n) is 5.60. The summed E-state index contributed by atoms with van der Waals surface area (Å²) in [5.74, 6) is -0.343. The molecule has 1 saturated heterocycles. The van der Waals surface area contributed by atoms with E-state index >= 15 is 0 Å². The van der Waals surface area contributed by atoms with Crippen molar-refractivity contribution in [2.24, 2.45) is 0 Å². The first-order valence-electron chi connectivity index (χ1n) is 10.6. The first-order valence-corrected chi connectivity index (χ1v) is 10.6. The van der Waals surface area contributed by atoms with E-state index in [0.29, 0.717) is 31.5 Å². The third kappa shape index (κ3) is 4.91. The highest BCUT2D eigenvalue weighted by molar-refractivity contribution is 5.76. The lowest BCUT2D eigenvalue weighted by molar-refractivity contribution is -0.121. The molecule has 2 aromatic carbocycles. The molecule has 0 bridgehead atoms. The van der Waals surface area contributed by atoms with Gasteiger partial charge in [0.25, 0.3) is 0 Å². The van der Waals surface area contributed by atoms with Crippen LogP contribution in [0.2, 0.25) is 0 Å². The molecule has 4 rings (SSSR count). The zero-order valence-electron chi connectivity index (χ0n) is 17.1. The monoisotopic (exact) mass is 408 g/mol. The van der Waals surface area contributed by atoms with Crippen LogP contribution in [0.1, 0.15) is 12.8 Å². The second kappa shape index (κ2) is 9.63. The molecule has 30 heavy (non-hydrogen) atoms. The van der Waals surface area contributed by atoms with Crippen LogP contribution < -0.4 is 16.0 Å². The fourth-order valence-corrected chi connectivity index (χ4v) is 3.93. The second-order valence-electron chi connectivity index (χ2n) is 7.61. The SMILES string of the molecule is O=C(CCCn1c(=O)oc2ccccc21)NCCN1CCN(c2ccccc2)CC1. The van der Waals surface area contributed by atoms with Crippen molar-refractivity contribution in [1.82, 2.24) is 14.8 Å². The number of rotatable bonds is 8. The van der Waals surface area contributed by atoms with Gasteiger partial charge in [-0.25, -0.2) is 4.79 Å². The van der Waals surface area contributed by atoms with Gasteiger partial charge in [-0.2, -0.15) is 0 Å². The molecule has 3 aromatic rings. The number of fused-ring (bicyclic) bond motifs is 1. The molecule has 1 amide bonds. The smallest absolute Gasteiger partial charge is 0.408 e. The molecule has 158 valence electrons. The highest BCUT2D eigenvalue weighted by atomic mass is 16.4. The lowest BCUT2D eigenvalue weighted by atomic mass is 10.2. The number of aryl methyl sites for hydroxylation is 1. The molecule has 0 saturated carbocycles. The lowest BCUT2D eigenvalue weighted by Crippen LogP contribution is -2.48. The number of hydrogen-bond donors (Lipinski definition) is 1. The number of oxazole rings is 1. The summed E-state index contributed by atoms with van der Waals surface area (Å²) in [6.45, 7) is 6.00. The first-order chi connectivity index (χ1) is 14.7. The molecule has 7 nitrogen and oxygen atoms in total. The fraction of sp³-hybridized carbons (Fsp3) is 0.391. The Morgan fingerprint density at radius 2 is 1.67 bits per heavy atom. The minimum Gasteiger partial charge on any atom is -0.408 e. The number of carbonyl (C=O) groups is 1. The second-order valence-corrected chi connectivity index (χ2v) is 7.61. The summed E-state index contributed by atoms with van der Waals surface area (Å²) in [6, 6.07) is 17.8. The Balaban J connectivity index is 1.14. The van der Waals surface area contributed by atoms with Crippen LogP contribution >= 0.6 is 0 Å². The van der Waals surface area contributed by atoms with E-state index in [1.54, 1.807) is 10.6 Å². The van der Waals surface area contributed by atoms with E-state index in [2.05, 4.69) is 39.4 Å². The first kappa shape index (κ1) is 20.2. The lowest BCUT2D eigenvalue weighted by Gasteiger charge is -2.36. The summed E-state index contributed by atoms with van der Waals surface area (Å²) in [5, 5.41) is 3.00. The predicted molar refractivity (Wildman–Crippen MR) is 118 cm³/mol. The van der Waals surface area contributed by atoms with Crippen LogP contribution in [0.4, 0.5) is 5.69 Å². The van der Waals surface area contributed by atoms with Crippen LogP contribution in [0.25, 0.3) is 11.1 Å². The predicted octanol–water partition coefficient (Wildman–Crippen LogP) is 2.31. The van der Waals surface area contributed by atoms with E-state index in [1.807, 2.05) is 24.3 Å². The van der Waals surface area contributed by atoms with Crippen LogP contribution in [-0.2, 0) is 11.3 Å². The number of benzene rings is 2. The Hall–Kier alpha value is -3.06. The Labute approximate surface area is 175 Å².